The summed E-state index contributed by atoms with van der Waals surface area (Å²) in [6.45, 7) is 3.58. The van der Waals surface area contributed by atoms with Crippen molar-refractivity contribution >= 4 is 16.6 Å². The van der Waals surface area contributed by atoms with Crippen LogP contribution in [0.25, 0.3) is 5.03 Å². The normalized spacial score (nSPS) is 8.10. The van der Waals surface area contributed by atoms with E-state index in [1.54, 1.807) is 0 Å². The van der Waals surface area contributed by atoms with Gasteiger partial charge in [0.05, 0.1) is 0 Å². The Labute approximate surface area is 80.2 Å². The molecule has 0 saturated carbocycles. The molecule has 0 heterocycles. The summed E-state index contributed by atoms with van der Waals surface area (Å²) < 4.78 is 0. The summed E-state index contributed by atoms with van der Waals surface area (Å²) in [4.78, 5) is 0. The van der Waals surface area contributed by atoms with Crippen LogP contribution in [0, 0.1) is 6.07 Å². The molecule has 0 aliphatic heterocycles. The van der Waals surface area contributed by atoms with Gasteiger partial charge < -0.3 is 0 Å². The minimum absolute atomic E-state index is 0. The third-order valence-electron chi connectivity index (χ3n) is 1.03. The van der Waals surface area contributed by atoms with E-state index in [0.717, 1.165) is 5.56 Å². The van der Waals surface area contributed by atoms with Crippen LogP contribution in [0.4, 0.5) is 0 Å². The third kappa shape index (κ3) is 2.68. The summed E-state index contributed by atoms with van der Waals surface area (Å²) in [5, 5.41) is 0.573. The van der Waals surface area contributed by atoms with Gasteiger partial charge in [-0.15, -0.1) is 5.56 Å². The molecule has 1 aromatic carbocycles. The quantitative estimate of drug-likeness (QED) is 0.698. The first-order chi connectivity index (χ1) is 4.30. The Bertz CT molecular complexity index is 206. The molecular formula is C8H6ClW-. The first-order valence-corrected chi connectivity index (χ1v) is 2.99. The Morgan fingerprint density at radius 2 is 1.90 bits per heavy atom. The van der Waals surface area contributed by atoms with Gasteiger partial charge in [-0.1, -0.05) is 18.2 Å². The maximum Gasteiger partial charge on any atom is 0.0165 e. The molecule has 10 heavy (non-hydrogen) atoms. The molecule has 0 fully saturated rings. The molecule has 0 amide bonds. The molecule has 0 aromatic heterocycles. The number of benzene rings is 1. The Balaban J connectivity index is 0.000000810. The fourth-order valence-corrected chi connectivity index (χ4v) is 0.694. The summed E-state index contributed by atoms with van der Waals surface area (Å²) in [5.41, 5.74) is 0.954. The summed E-state index contributed by atoms with van der Waals surface area (Å²) in [6.07, 6.45) is 0. The molecule has 0 bridgehead atoms. The summed E-state index contributed by atoms with van der Waals surface area (Å²) in [6, 6.07) is 10.2. The van der Waals surface area contributed by atoms with Crippen LogP contribution in [0.1, 0.15) is 5.56 Å². The van der Waals surface area contributed by atoms with Crippen molar-refractivity contribution in [3.05, 3.63) is 42.5 Å². The summed E-state index contributed by atoms with van der Waals surface area (Å²) in [5.74, 6) is 0. The predicted octanol–water partition coefficient (Wildman–Crippen LogP) is 2.69. The van der Waals surface area contributed by atoms with Crippen LogP contribution in [0.5, 0.6) is 0 Å². The summed E-state index contributed by atoms with van der Waals surface area (Å²) >= 11 is 5.59. The van der Waals surface area contributed by atoms with Crippen molar-refractivity contribution in [3.63, 3.8) is 0 Å². The van der Waals surface area contributed by atoms with Gasteiger partial charge in [-0.25, -0.2) is 0 Å². The Hall–Kier alpha value is -0.0617. The first kappa shape index (κ1) is 9.94. The van der Waals surface area contributed by atoms with E-state index < -0.39 is 0 Å². The molecule has 1 aromatic rings. The molecule has 0 radical (unpaired) electrons. The second-order valence-electron chi connectivity index (χ2n) is 1.69. The van der Waals surface area contributed by atoms with Gasteiger partial charge >= 0.3 is 0 Å². The van der Waals surface area contributed by atoms with Gasteiger partial charge in [-0.05, 0) is 0 Å². The second kappa shape index (κ2) is 4.71. The number of hydrogen-bond donors (Lipinski definition) is 0. The number of rotatable bonds is 1. The molecular weight excluding hydrogens is 315 g/mol. The zero-order valence-electron chi connectivity index (χ0n) is 5.30. The molecule has 0 atom stereocenters. The van der Waals surface area contributed by atoms with Crippen molar-refractivity contribution in [2.24, 2.45) is 0 Å². The topological polar surface area (TPSA) is 0 Å². The van der Waals surface area contributed by atoms with E-state index in [4.69, 9.17) is 11.6 Å². The Kier molecular flexibility index (Phi) is 4.68. The fraction of sp³-hybridized carbons (Fsp3) is 0. The van der Waals surface area contributed by atoms with E-state index in [-0.39, 0.29) is 21.1 Å². The largest absolute Gasteiger partial charge is 0.184 e. The van der Waals surface area contributed by atoms with Gasteiger partial charge in [-0.3, -0.25) is 0 Å². The maximum atomic E-state index is 5.59. The molecule has 0 spiro atoms. The van der Waals surface area contributed by atoms with Crippen molar-refractivity contribution in [3.8, 4) is 0 Å². The average molecular weight is 321 g/mol. The van der Waals surface area contributed by atoms with Crippen molar-refractivity contribution in [2.75, 3.05) is 0 Å². The summed E-state index contributed by atoms with van der Waals surface area (Å²) in [7, 11) is 0. The maximum absolute atomic E-state index is 5.59. The van der Waals surface area contributed by atoms with Gasteiger partial charge in [0.2, 0.25) is 0 Å². The van der Waals surface area contributed by atoms with Crippen molar-refractivity contribution < 1.29 is 21.1 Å². The van der Waals surface area contributed by atoms with Crippen LogP contribution in [0.3, 0.4) is 0 Å². The van der Waals surface area contributed by atoms with Crippen LogP contribution in [-0.4, -0.2) is 0 Å². The van der Waals surface area contributed by atoms with E-state index in [1.807, 2.05) is 24.3 Å². The molecule has 1 rings (SSSR count). The van der Waals surface area contributed by atoms with Gasteiger partial charge in [0.1, 0.15) is 0 Å². The third-order valence-corrected chi connectivity index (χ3v) is 1.25. The van der Waals surface area contributed by atoms with E-state index in [1.165, 1.54) is 0 Å². The molecule has 0 saturated heterocycles. The Morgan fingerprint density at radius 3 is 2.20 bits per heavy atom. The van der Waals surface area contributed by atoms with E-state index in [0.29, 0.717) is 5.03 Å². The van der Waals surface area contributed by atoms with Gasteiger partial charge in [0, 0.05) is 26.1 Å². The van der Waals surface area contributed by atoms with Gasteiger partial charge in [0.15, 0.2) is 0 Å². The standard InChI is InChI=1S/C8H6Cl.W/c1-7(9)8-5-3-2-4-6-8;/h3-6H,1H2;/q-1;. The molecule has 0 aliphatic rings. The second-order valence-corrected chi connectivity index (χ2v) is 2.15. The molecule has 0 aliphatic carbocycles. The van der Waals surface area contributed by atoms with Crippen LogP contribution >= 0.6 is 11.6 Å². The van der Waals surface area contributed by atoms with Gasteiger partial charge in [0.25, 0.3) is 0 Å². The minimum Gasteiger partial charge on any atom is -0.184 e. The SMILES string of the molecule is C=C(Cl)c1cc[c-]cc1.[W]. The monoisotopic (exact) mass is 321 g/mol. The van der Waals surface area contributed by atoms with Crippen molar-refractivity contribution in [1.82, 2.24) is 0 Å². The van der Waals surface area contributed by atoms with Crippen molar-refractivity contribution in [2.45, 2.75) is 0 Å². The molecule has 0 N–H and O–H groups in total. The minimum atomic E-state index is 0. The van der Waals surface area contributed by atoms with Crippen LogP contribution < -0.4 is 0 Å². The van der Waals surface area contributed by atoms with Crippen LogP contribution in [0.2, 0.25) is 0 Å². The number of halogens is 1. The average Bonchev–Trinajstić information content (AvgIpc) is 1.90. The van der Waals surface area contributed by atoms with E-state index >= 15 is 0 Å². The predicted molar refractivity (Wildman–Crippen MR) is 40.2 cm³/mol. The number of hydrogen-bond acceptors (Lipinski definition) is 0. The van der Waals surface area contributed by atoms with E-state index in [2.05, 4.69) is 12.6 Å². The van der Waals surface area contributed by atoms with Gasteiger partial charge in [-0.2, -0.15) is 30.3 Å². The molecule has 2 heteroatoms. The van der Waals surface area contributed by atoms with Crippen LogP contribution in [-0.2, 0) is 21.1 Å². The zero-order chi connectivity index (χ0) is 6.69. The van der Waals surface area contributed by atoms with Crippen molar-refractivity contribution in [1.29, 1.82) is 0 Å². The first-order valence-electron chi connectivity index (χ1n) is 2.61. The van der Waals surface area contributed by atoms with E-state index in [9.17, 15) is 0 Å². The zero-order valence-corrected chi connectivity index (χ0v) is 8.99. The van der Waals surface area contributed by atoms with Crippen LogP contribution in [0.15, 0.2) is 30.8 Å². The Morgan fingerprint density at radius 1 is 1.40 bits per heavy atom. The molecule has 0 unspecified atom stereocenters. The smallest absolute Gasteiger partial charge is 0.0165 e. The fourth-order valence-electron chi connectivity index (χ4n) is 0.568. The molecule has 52 valence electrons. The molecule has 0 nitrogen and oxygen atoms in total.